The van der Waals surface area contributed by atoms with E-state index in [0.717, 1.165) is 0 Å². The molecule has 0 spiro atoms. The third-order valence-electron chi connectivity index (χ3n) is 1.64. The summed E-state index contributed by atoms with van der Waals surface area (Å²) in [5.41, 5.74) is -0.705. The highest BCUT2D eigenvalue weighted by molar-refractivity contribution is 4.65. The molecule has 0 fully saturated rings. The molecule has 0 heterocycles. The molecule has 0 bridgehead atoms. The molecule has 11 heavy (non-hydrogen) atoms. The monoisotopic (exact) mass is 160 g/mol. The van der Waals surface area contributed by atoms with E-state index < -0.39 is 5.60 Å². The molecule has 0 radical (unpaired) electrons. The average molecular weight is 160 g/mol. The van der Waals surface area contributed by atoms with Crippen LogP contribution in [0, 0.1) is 5.92 Å². The molecule has 1 N–H and O–H groups in total. The zero-order valence-electron chi connectivity index (χ0n) is 8.22. The third-order valence-corrected chi connectivity index (χ3v) is 1.64. The van der Waals surface area contributed by atoms with Gasteiger partial charge in [-0.1, -0.05) is 13.8 Å². The van der Waals surface area contributed by atoms with Crippen LogP contribution >= 0.6 is 0 Å². The van der Waals surface area contributed by atoms with Crippen molar-refractivity contribution in [2.24, 2.45) is 5.92 Å². The Morgan fingerprint density at radius 1 is 1.27 bits per heavy atom. The van der Waals surface area contributed by atoms with Crippen LogP contribution in [0.3, 0.4) is 0 Å². The molecule has 0 aromatic carbocycles. The Hall–Kier alpha value is -0.0800. The van der Waals surface area contributed by atoms with Crippen molar-refractivity contribution in [3.05, 3.63) is 0 Å². The van der Waals surface area contributed by atoms with Gasteiger partial charge >= 0.3 is 0 Å². The molecule has 0 saturated heterocycles. The largest absolute Gasteiger partial charge is 0.388 e. The molecule has 0 aromatic heterocycles. The van der Waals surface area contributed by atoms with Gasteiger partial charge in [-0.25, -0.2) is 0 Å². The van der Waals surface area contributed by atoms with Crippen molar-refractivity contribution in [1.29, 1.82) is 0 Å². The molecule has 0 aliphatic carbocycles. The van der Waals surface area contributed by atoms with Gasteiger partial charge in [0.05, 0.1) is 18.3 Å². The molecule has 0 unspecified atom stereocenters. The highest BCUT2D eigenvalue weighted by Gasteiger charge is 2.15. The van der Waals surface area contributed by atoms with Crippen LogP contribution in [0.4, 0.5) is 0 Å². The van der Waals surface area contributed by atoms with Gasteiger partial charge in [-0.3, -0.25) is 0 Å². The van der Waals surface area contributed by atoms with Crippen LogP contribution in [0.5, 0.6) is 0 Å². The van der Waals surface area contributed by atoms with Gasteiger partial charge < -0.3 is 9.84 Å². The van der Waals surface area contributed by atoms with Crippen LogP contribution in [0.15, 0.2) is 0 Å². The fourth-order valence-corrected chi connectivity index (χ4v) is 0.528. The lowest BCUT2D eigenvalue weighted by atomic mass is 10.1. The molecule has 0 saturated carbocycles. The van der Waals surface area contributed by atoms with Crippen LogP contribution in [-0.4, -0.2) is 23.4 Å². The van der Waals surface area contributed by atoms with Crippen molar-refractivity contribution in [3.63, 3.8) is 0 Å². The molecule has 2 heteroatoms. The van der Waals surface area contributed by atoms with Crippen molar-refractivity contribution < 1.29 is 9.84 Å². The quantitative estimate of drug-likeness (QED) is 0.679. The number of aliphatic hydroxyl groups is 1. The smallest absolute Gasteiger partial charge is 0.0824 e. The highest BCUT2D eigenvalue weighted by Crippen LogP contribution is 2.09. The Balaban J connectivity index is 3.54. The van der Waals surface area contributed by atoms with Crippen LogP contribution < -0.4 is 0 Å². The summed E-state index contributed by atoms with van der Waals surface area (Å²) in [5, 5.41) is 9.32. The second kappa shape index (κ2) is 4.07. The molecule has 2 nitrogen and oxygen atoms in total. The maximum atomic E-state index is 9.32. The fourth-order valence-electron chi connectivity index (χ4n) is 0.528. The maximum absolute atomic E-state index is 9.32. The standard InChI is InChI=1S/C9H20O2/c1-7(2)8(3)11-6-9(4,5)10/h7-8,10H,6H2,1-5H3/t8-/m1/s1. The molecule has 0 rings (SSSR count). The van der Waals surface area contributed by atoms with E-state index in [-0.39, 0.29) is 6.10 Å². The molecule has 0 amide bonds. The average Bonchev–Trinajstić information content (AvgIpc) is 1.80. The number of hydrogen-bond donors (Lipinski definition) is 1. The second-order valence-electron chi connectivity index (χ2n) is 4.07. The third kappa shape index (κ3) is 6.32. The first kappa shape index (κ1) is 10.9. The summed E-state index contributed by atoms with van der Waals surface area (Å²) < 4.78 is 5.42. The minimum atomic E-state index is -0.705. The Morgan fingerprint density at radius 3 is 2.00 bits per heavy atom. The topological polar surface area (TPSA) is 29.5 Å². The van der Waals surface area contributed by atoms with Gasteiger partial charge in [0.2, 0.25) is 0 Å². The van der Waals surface area contributed by atoms with Gasteiger partial charge in [-0.15, -0.1) is 0 Å². The molecule has 68 valence electrons. The lowest BCUT2D eigenvalue weighted by Crippen LogP contribution is -2.30. The van der Waals surface area contributed by atoms with Crippen molar-refractivity contribution in [2.45, 2.75) is 46.3 Å². The second-order valence-corrected chi connectivity index (χ2v) is 4.07. The van der Waals surface area contributed by atoms with E-state index in [0.29, 0.717) is 12.5 Å². The maximum Gasteiger partial charge on any atom is 0.0824 e. The zero-order chi connectivity index (χ0) is 9.07. The molecule has 1 atom stereocenters. The van der Waals surface area contributed by atoms with E-state index in [1.54, 1.807) is 13.8 Å². The van der Waals surface area contributed by atoms with E-state index in [2.05, 4.69) is 13.8 Å². The van der Waals surface area contributed by atoms with Crippen molar-refractivity contribution in [1.82, 2.24) is 0 Å². The first-order valence-corrected chi connectivity index (χ1v) is 4.17. The SMILES string of the molecule is CC(C)[C@@H](C)OCC(C)(C)O. The van der Waals surface area contributed by atoms with Crippen LogP contribution in [0.25, 0.3) is 0 Å². The lowest BCUT2D eigenvalue weighted by Gasteiger charge is -2.22. The summed E-state index contributed by atoms with van der Waals surface area (Å²) >= 11 is 0. The summed E-state index contributed by atoms with van der Waals surface area (Å²) in [6.07, 6.45) is 0.224. The number of hydrogen-bond acceptors (Lipinski definition) is 2. The van der Waals surface area contributed by atoms with Crippen molar-refractivity contribution in [3.8, 4) is 0 Å². The summed E-state index contributed by atoms with van der Waals surface area (Å²) in [5.74, 6) is 0.511. The van der Waals surface area contributed by atoms with Gasteiger partial charge in [-0.2, -0.15) is 0 Å². The molecular weight excluding hydrogens is 140 g/mol. The van der Waals surface area contributed by atoms with E-state index in [4.69, 9.17) is 4.74 Å². The van der Waals surface area contributed by atoms with Gasteiger partial charge in [0.1, 0.15) is 0 Å². The number of rotatable bonds is 4. The normalized spacial score (nSPS) is 15.5. The van der Waals surface area contributed by atoms with Gasteiger partial charge in [0, 0.05) is 0 Å². The van der Waals surface area contributed by atoms with Crippen LogP contribution in [0.1, 0.15) is 34.6 Å². The predicted octanol–water partition coefficient (Wildman–Crippen LogP) is 1.82. The van der Waals surface area contributed by atoms with Crippen LogP contribution in [-0.2, 0) is 4.74 Å². The summed E-state index contributed by atoms with van der Waals surface area (Å²) in [4.78, 5) is 0. The summed E-state index contributed by atoms with van der Waals surface area (Å²) in [7, 11) is 0. The Morgan fingerprint density at radius 2 is 1.73 bits per heavy atom. The molecule has 0 aromatic rings. The Labute approximate surface area is 69.6 Å². The first-order chi connectivity index (χ1) is 4.83. The van der Waals surface area contributed by atoms with Gasteiger partial charge in [0.25, 0.3) is 0 Å². The van der Waals surface area contributed by atoms with E-state index >= 15 is 0 Å². The van der Waals surface area contributed by atoms with E-state index in [1.807, 2.05) is 6.92 Å². The Bertz CT molecular complexity index is 103. The minimum Gasteiger partial charge on any atom is -0.388 e. The minimum absolute atomic E-state index is 0.224. The highest BCUT2D eigenvalue weighted by atomic mass is 16.5. The van der Waals surface area contributed by atoms with Gasteiger partial charge in [0.15, 0.2) is 0 Å². The number of ether oxygens (including phenoxy) is 1. The van der Waals surface area contributed by atoms with Gasteiger partial charge in [-0.05, 0) is 26.7 Å². The summed E-state index contributed by atoms with van der Waals surface area (Å²) in [6, 6.07) is 0. The Kier molecular flexibility index (Phi) is 4.04. The first-order valence-electron chi connectivity index (χ1n) is 4.17. The molecule has 0 aliphatic heterocycles. The van der Waals surface area contributed by atoms with E-state index in [1.165, 1.54) is 0 Å². The van der Waals surface area contributed by atoms with Crippen molar-refractivity contribution >= 4 is 0 Å². The molecular formula is C9H20O2. The van der Waals surface area contributed by atoms with Crippen molar-refractivity contribution in [2.75, 3.05) is 6.61 Å². The van der Waals surface area contributed by atoms with E-state index in [9.17, 15) is 5.11 Å². The molecule has 0 aliphatic rings. The van der Waals surface area contributed by atoms with Crippen LogP contribution in [0.2, 0.25) is 0 Å². The predicted molar refractivity (Wildman–Crippen MR) is 46.5 cm³/mol. The zero-order valence-corrected chi connectivity index (χ0v) is 8.22. The summed E-state index contributed by atoms with van der Waals surface area (Å²) in [6.45, 7) is 10.1. The fraction of sp³-hybridized carbons (Fsp3) is 1.00. The lowest BCUT2D eigenvalue weighted by molar-refractivity contribution is -0.0598.